The van der Waals surface area contributed by atoms with Gasteiger partial charge in [-0.15, -0.1) is 0 Å². The second kappa shape index (κ2) is 7.59. The Bertz CT molecular complexity index is 673. The summed E-state index contributed by atoms with van der Waals surface area (Å²) in [4.78, 5) is 0. The Morgan fingerprint density at radius 1 is 0.500 bits per heavy atom. The van der Waals surface area contributed by atoms with Gasteiger partial charge in [0.05, 0.1) is 0 Å². The molecular weight excluding hydrogens is 280 g/mol. The van der Waals surface area contributed by atoms with Crippen molar-refractivity contribution in [3.63, 3.8) is 0 Å². The van der Waals surface area contributed by atoms with Gasteiger partial charge in [0.15, 0.2) is 11.5 Å². The van der Waals surface area contributed by atoms with Crippen molar-refractivity contribution in [1.29, 1.82) is 0 Å². The van der Waals surface area contributed by atoms with E-state index in [2.05, 4.69) is 0 Å². The molecule has 0 aliphatic heterocycles. The molecule has 0 aliphatic rings. The second-order valence-corrected chi connectivity index (χ2v) is 4.40. The molecule has 0 saturated heterocycles. The van der Waals surface area contributed by atoms with Crippen LogP contribution in [0.3, 0.4) is 0 Å². The number of benzene rings is 3. The van der Waals surface area contributed by atoms with Gasteiger partial charge in [-0.25, -0.2) is 0 Å². The van der Waals surface area contributed by atoms with Crippen LogP contribution in [-0.2, 0) is 0 Å². The molecule has 3 rings (SSSR count). The largest absolute Gasteiger partial charge is 0.508 e. The fraction of sp³-hybridized carbons (Fsp3) is 0. The third-order valence-electron chi connectivity index (χ3n) is 2.70. The summed E-state index contributed by atoms with van der Waals surface area (Å²) in [5.74, 6) is 1.60. The molecule has 3 aromatic carbocycles. The molecule has 112 valence electrons. The average Bonchev–Trinajstić information content (AvgIpc) is 2.54. The molecule has 4 nitrogen and oxygen atoms in total. The van der Waals surface area contributed by atoms with Crippen LogP contribution in [0.1, 0.15) is 0 Å². The fourth-order valence-electron chi connectivity index (χ4n) is 1.60. The molecule has 0 unspecified atom stereocenters. The number of hydrogen-bond acceptors (Lipinski definition) is 4. The molecule has 0 fully saturated rings. The van der Waals surface area contributed by atoms with E-state index in [4.69, 9.17) is 20.1 Å². The van der Waals surface area contributed by atoms with Crippen LogP contribution in [0.15, 0.2) is 78.9 Å². The van der Waals surface area contributed by atoms with Gasteiger partial charge in [0.25, 0.3) is 0 Å². The van der Waals surface area contributed by atoms with E-state index in [0.29, 0.717) is 5.75 Å². The maximum absolute atomic E-state index is 9.07. The van der Waals surface area contributed by atoms with Gasteiger partial charge in [-0.2, -0.15) is 0 Å². The van der Waals surface area contributed by atoms with Crippen LogP contribution in [-0.4, -0.2) is 15.3 Å². The standard InChI is InChI=1S/C12H10O2.C6H6O2/c13-10-6-8-12(9-7-10)14-11-4-2-1-3-5-11;7-5-3-1-2-4-6(5)8/h1-9,13H;1-4,7-8H. The number of aromatic hydroxyl groups is 3. The first-order valence-corrected chi connectivity index (χ1v) is 6.64. The molecule has 3 N–H and O–H groups in total. The third kappa shape index (κ3) is 4.76. The Morgan fingerprint density at radius 3 is 1.45 bits per heavy atom. The van der Waals surface area contributed by atoms with Crippen LogP contribution >= 0.6 is 0 Å². The molecule has 0 aromatic heterocycles. The number of para-hydroxylation sites is 3. The van der Waals surface area contributed by atoms with Crippen LogP contribution in [0.2, 0.25) is 0 Å². The molecule has 4 heteroatoms. The smallest absolute Gasteiger partial charge is 0.157 e. The molecule has 0 atom stereocenters. The van der Waals surface area contributed by atoms with Gasteiger partial charge in [0, 0.05) is 0 Å². The van der Waals surface area contributed by atoms with E-state index in [1.807, 2.05) is 30.3 Å². The summed E-state index contributed by atoms with van der Waals surface area (Å²) in [6, 6.07) is 22.3. The van der Waals surface area contributed by atoms with Gasteiger partial charge in [-0.05, 0) is 48.5 Å². The summed E-state index contributed by atoms with van der Waals surface area (Å²) in [6.45, 7) is 0. The molecule has 0 bridgehead atoms. The van der Waals surface area contributed by atoms with Gasteiger partial charge >= 0.3 is 0 Å². The number of hydrogen-bond donors (Lipinski definition) is 3. The zero-order chi connectivity index (χ0) is 15.8. The van der Waals surface area contributed by atoms with Crippen LogP contribution < -0.4 is 4.74 Å². The number of ether oxygens (including phenoxy) is 1. The van der Waals surface area contributed by atoms with E-state index in [9.17, 15) is 0 Å². The second-order valence-electron chi connectivity index (χ2n) is 4.40. The normalized spacial score (nSPS) is 9.45. The van der Waals surface area contributed by atoms with E-state index >= 15 is 0 Å². The lowest BCUT2D eigenvalue weighted by molar-refractivity contribution is 0.404. The lowest BCUT2D eigenvalue weighted by Gasteiger charge is -2.04. The summed E-state index contributed by atoms with van der Waals surface area (Å²) in [6.07, 6.45) is 0. The maximum atomic E-state index is 9.07. The average molecular weight is 296 g/mol. The van der Waals surface area contributed by atoms with Crippen molar-refractivity contribution in [2.24, 2.45) is 0 Å². The monoisotopic (exact) mass is 296 g/mol. The lowest BCUT2D eigenvalue weighted by Crippen LogP contribution is -1.81. The lowest BCUT2D eigenvalue weighted by atomic mass is 10.3. The van der Waals surface area contributed by atoms with E-state index in [1.54, 1.807) is 36.4 Å². The summed E-state index contributed by atoms with van der Waals surface area (Å²) < 4.78 is 5.52. The molecule has 0 heterocycles. The summed E-state index contributed by atoms with van der Waals surface area (Å²) >= 11 is 0. The van der Waals surface area contributed by atoms with Crippen molar-refractivity contribution in [2.75, 3.05) is 0 Å². The van der Waals surface area contributed by atoms with Crippen molar-refractivity contribution in [3.8, 4) is 28.7 Å². The minimum absolute atomic E-state index is 0.0764. The molecule has 0 aliphatic carbocycles. The molecule has 0 spiro atoms. The van der Waals surface area contributed by atoms with Gasteiger partial charge in [0.1, 0.15) is 17.2 Å². The first-order chi connectivity index (χ1) is 10.6. The Morgan fingerprint density at radius 2 is 0.955 bits per heavy atom. The Labute approximate surface area is 128 Å². The summed E-state index contributed by atoms with van der Waals surface area (Å²) in [7, 11) is 0. The first-order valence-electron chi connectivity index (χ1n) is 6.64. The zero-order valence-electron chi connectivity index (χ0n) is 11.8. The van der Waals surface area contributed by atoms with Gasteiger partial charge in [0.2, 0.25) is 0 Å². The van der Waals surface area contributed by atoms with E-state index < -0.39 is 0 Å². The minimum Gasteiger partial charge on any atom is -0.508 e. The minimum atomic E-state index is -0.0764. The highest BCUT2D eigenvalue weighted by Gasteiger charge is 1.95. The predicted molar refractivity (Wildman–Crippen MR) is 84.4 cm³/mol. The maximum Gasteiger partial charge on any atom is 0.157 e. The van der Waals surface area contributed by atoms with Crippen LogP contribution in [0.4, 0.5) is 0 Å². The summed E-state index contributed by atoms with van der Waals surface area (Å²) in [5.41, 5.74) is 0. The van der Waals surface area contributed by atoms with Crippen molar-refractivity contribution in [1.82, 2.24) is 0 Å². The predicted octanol–water partition coefficient (Wildman–Crippen LogP) is 4.28. The van der Waals surface area contributed by atoms with Crippen molar-refractivity contribution in [2.45, 2.75) is 0 Å². The fourth-order valence-corrected chi connectivity index (χ4v) is 1.60. The van der Waals surface area contributed by atoms with Gasteiger partial charge in [-0.3, -0.25) is 0 Å². The first kappa shape index (κ1) is 15.3. The topological polar surface area (TPSA) is 69.9 Å². The Balaban J connectivity index is 0.000000188. The molecule has 0 radical (unpaired) electrons. The molecule has 0 amide bonds. The molecule has 22 heavy (non-hydrogen) atoms. The van der Waals surface area contributed by atoms with Crippen molar-refractivity contribution >= 4 is 0 Å². The third-order valence-corrected chi connectivity index (χ3v) is 2.70. The molecule has 0 saturated carbocycles. The van der Waals surface area contributed by atoms with Crippen LogP contribution in [0.25, 0.3) is 0 Å². The number of phenolic OH excluding ortho intramolecular Hbond substituents is 3. The Hall–Kier alpha value is -3.14. The van der Waals surface area contributed by atoms with Gasteiger partial charge < -0.3 is 20.1 Å². The quantitative estimate of drug-likeness (QED) is 0.617. The van der Waals surface area contributed by atoms with Gasteiger partial charge in [-0.1, -0.05) is 30.3 Å². The van der Waals surface area contributed by atoms with Crippen LogP contribution in [0.5, 0.6) is 28.7 Å². The van der Waals surface area contributed by atoms with Crippen molar-refractivity contribution in [3.05, 3.63) is 78.9 Å². The highest BCUT2D eigenvalue weighted by Crippen LogP contribution is 2.22. The Kier molecular flexibility index (Phi) is 5.26. The van der Waals surface area contributed by atoms with Crippen molar-refractivity contribution < 1.29 is 20.1 Å². The van der Waals surface area contributed by atoms with E-state index in [0.717, 1.165) is 5.75 Å². The van der Waals surface area contributed by atoms with E-state index in [1.165, 1.54) is 12.1 Å². The molecule has 3 aromatic rings. The molecular formula is C18H16O4. The highest BCUT2D eigenvalue weighted by atomic mass is 16.5. The number of phenols is 3. The summed E-state index contributed by atoms with van der Waals surface area (Å²) in [5, 5.41) is 26.4. The highest BCUT2D eigenvalue weighted by molar-refractivity contribution is 5.36. The number of rotatable bonds is 2. The zero-order valence-corrected chi connectivity index (χ0v) is 11.8. The van der Waals surface area contributed by atoms with Crippen LogP contribution in [0, 0.1) is 0 Å². The van der Waals surface area contributed by atoms with E-state index in [-0.39, 0.29) is 17.2 Å². The SMILES string of the molecule is Oc1ccc(Oc2ccccc2)cc1.Oc1ccccc1O.